The van der Waals surface area contributed by atoms with E-state index in [1.165, 1.54) is 18.1 Å². The SMILES string of the molecule is COc1cc(/C=C2\SC(=N)N(c3ccc(C)cc3)C2=O)ccc1O. The molecule has 1 saturated heterocycles. The van der Waals surface area contributed by atoms with Crippen LogP contribution in [-0.2, 0) is 4.79 Å². The van der Waals surface area contributed by atoms with Gasteiger partial charge < -0.3 is 9.84 Å². The summed E-state index contributed by atoms with van der Waals surface area (Å²) < 4.78 is 5.08. The van der Waals surface area contributed by atoms with Crippen molar-refractivity contribution in [3.63, 3.8) is 0 Å². The van der Waals surface area contributed by atoms with E-state index in [0.29, 0.717) is 16.3 Å². The van der Waals surface area contributed by atoms with Crippen LogP contribution in [0, 0.1) is 12.3 Å². The van der Waals surface area contributed by atoms with Crippen molar-refractivity contribution in [2.75, 3.05) is 12.0 Å². The Balaban J connectivity index is 1.92. The second-order valence-corrected chi connectivity index (χ2v) is 6.35. The van der Waals surface area contributed by atoms with Gasteiger partial charge in [0, 0.05) is 0 Å². The van der Waals surface area contributed by atoms with Gasteiger partial charge in [0.2, 0.25) is 0 Å². The Hall–Kier alpha value is -2.73. The maximum absolute atomic E-state index is 12.6. The lowest BCUT2D eigenvalue weighted by molar-refractivity contribution is -0.113. The number of anilines is 1. The first-order valence-electron chi connectivity index (χ1n) is 7.26. The lowest BCUT2D eigenvalue weighted by Crippen LogP contribution is -2.28. The number of amidine groups is 1. The molecule has 0 spiro atoms. The van der Waals surface area contributed by atoms with E-state index >= 15 is 0 Å². The molecule has 0 atom stereocenters. The van der Waals surface area contributed by atoms with E-state index < -0.39 is 0 Å². The number of phenolic OH excluding ortho intramolecular Hbond substituents is 1. The Morgan fingerprint density at radius 1 is 1.21 bits per heavy atom. The van der Waals surface area contributed by atoms with Crippen molar-refractivity contribution in [2.45, 2.75) is 6.92 Å². The number of nitrogens with zero attached hydrogens (tertiary/aromatic N) is 1. The lowest BCUT2D eigenvalue weighted by atomic mass is 10.1. The van der Waals surface area contributed by atoms with Gasteiger partial charge >= 0.3 is 0 Å². The Kier molecular flexibility index (Phi) is 4.31. The van der Waals surface area contributed by atoms with Crippen LogP contribution in [0.3, 0.4) is 0 Å². The summed E-state index contributed by atoms with van der Waals surface area (Å²) in [5.74, 6) is 0.144. The minimum atomic E-state index is -0.235. The fraction of sp³-hybridized carbons (Fsp3) is 0.111. The van der Waals surface area contributed by atoms with Crippen molar-refractivity contribution in [2.24, 2.45) is 0 Å². The van der Waals surface area contributed by atoms with Crippen LogP contribution in [0.15, 0.2) is 47.4 Å². The van der Waals surface area contributed by atoms with Crippen molar-refractivity contribution in [3.8, 4) is 11.5 Å². The number of phenols is 1. The maximum atomic E-state index is 12.6. The number of aryl methyl sites for hydroxylation is 1. The average molecular weight is 340 g/mol. The first-order chi connectivity index (χ1) is 11.5. The molecule has 2 N–H and O–H groups in total. The average Bonchev–Trinajstić information content (AvgIpc) is 2.84. The van der Waals surface area contributed by atoms with Gasteiger partial charge in [-0.2, -0.15) is 0 Å². The highest BCUT2D eigenvalue weighted by Crippen LogP contribution is 2.36. The molecule has 3 rings (SSSR count). The number of carbonyl (C=O) groups excluding carboxylic acids is 1. The number of thioether (sulfide) groups is 1. The van der Waals surface area contributed by atoms with Crippen LogP contribution in [0.25, 0.3) is 6.08 Å². The zero-order valence-electron chi connectivity index (χ0n) is 13.2. The predicted octanol–water partition coefficient (Wildman–Crippen LogP) is 3.76. The van der Waals surface area contributed by atoms with Crippen LogP contribution >= 0.6 is 11.8 Å². The molecule has 0 aromatic heterocycles. The Labute approximate surface area is 144 Å². The maximum Gasteiger partial charge on any atom is 0.271 e. The van der Waals surface area contributed by atoms with Gasteiger partial charge in [0.05, 0.1) is 17.7 Å². The summed E-state index contributed by atoms with van der Waals surface area (Å²) in [5.41, 5.74) is 2.49. The first-order valence-corrected chi connectivity index (χ1v) is 8.07. The number of amides is 1. The van der Waals surface area contributed by atoms with E-state index in [1.54, 1.807) is 18.2 Å². The minimum absolute atomic E-state index is 0.0408. The summed E-state index contributed by atoms with van der Waals surface area (Å²) >= 11 is 1.11. The molecule has 0 saturated carbocycles. The number of methoxy groups -OCH3 is 1. The molecule has 0 unspecified atom stereocenters. The highest BCUT2D eigenvalue weighted by molar-refractivity contribution is 8.19. The van der Waals surface area contributed by atoms with Gasteiger partial charge in [0.15, 0.2) is 16.7 Å². The standard InChI is InChI=1S/C18H16N2O3S/c1-11-3-6-13(7-4-11)20-17(22)16(24-18(20)19)10-12-5-8-14(21)15(9-12)23-2/h3-10,19,21H,1-2H3/b16-10-,19-18?. The summed E-state index contributed by atoms with van der Waals surface area (Å²) in [6.07, 6.45) is 1.69. The zero-order valence-corrected chi connectivity index (χ0v) is 14.1. The van der Waals surface area contributed by atoms with Crippen molar-refractivity contribution in [3.05, 3.63) is 58.5 Å². The first kappa shape index (κ1) is 16.1. The van der Waals surface area contributed by atoms with Gasteiger partial charge in [0.1, 0.15) is 0 Å². The van der Waals surface area contributed by atoms with Crippen LogP contribution in [-0.4, -0.2) is 23.3 Å². The number of aromatic hydroxyl groups is 1. The zero-order chi connectivity index (χ0) is 17.3. The number of hydrogen-bond donors (Lipinski definition) is 2. The van der Waals surface area contributed by atoms with Crippen LogP contribution in [0.5, 0.6) is 11.5 Å². The van der Waals surface area contributed by atoms with E-state index in [9.17, 15) is 9.90 Å². The molecule has 1 heterocycles. The number of ether oxygens (including phenoxy) is 1. The molecule has 1 amide bonds. The van der Waals surface area contributed by atoms with Crippen LogP contribution < -0.4 is 9.64 Å². The van der Waals surface area contributed by atoms with Gasteiger partial charge in [-0.15, -0.1) is 0 Å². The molecule has 6 heteroatoms. The third kappa shape index (κ3) is 3.00. The molecule has 24 heavy (non-hydrogen) atoms. The second kappa shape index (κ2) is 6.41. The highest BCUT2D eigenvalue weighted by Gasteiger charge is 2.33. The summed E-state index contributed by atoms with van der Waals surface area (Å²) in [6, 6.07) is 12.3. The normalized spacial score (nSPS) is 16.1. The van der Waals surface area contributed by atoms with Gasteiger partial charge in [0.25, 0.3) is 5.91 Å². The van der Waals surface area contributed by atoms with Gasteiger partial charge in [-0.25, -0.2) is 0 Å². The van der Waals surface area contributed by atoms with Crippen molar-refractivity contribution >= 4 is 34.6 Å². The van der Waals surface area contributed by atoms with Gasteiger partial charge in [-0.1, -0.05) is 23.8 Å². The molecule has 2 aromatic rings. The molecule has 5 nitrogen and oxygen atoms in total. The number of rotatable bonds is 3. The molecular weight excluding hydrogens is 324 g/mol. The van der Waals surface area contributed by atoms with Crippen molar-refractivity contribution in [1.82, 2.24) is 0 Å². The molecule has 1 fully saturated rings. The number of nitrogens with one attached hydrogen (secondary N) is 1. The summed E-state index contributed by atoms with van der Waals surface area (Å²) in [4.78, 5) is 14.5. The number of benzene rings is 2. The molecule has 1 aliphatic rings. The molecule has 2 aromatic carbocycles. The third-order valence-corrected chi connectivity index (χ3v) is 4.51. The van der Waals surface area contributed by atoms with E-state index in [4.69, 9.17) is 10.1 Å². The largest absolute Gasteiger partial charge is 0.504 e. The number of hydrogen-bond acceptors (Lipinski definition) is 5. The fourth-order valence-corrected chi connectivity index (χ4v) is 3.21. The van der Waals surface area contributed by atoms with Gasteiger partial charge in [-0.3, -0.25) is 15.1 Å². The molecule has 0 bridgehead atoms. The van der Waals surface area contributed by atoms with E-state index in [2.05, 4.69) is 0 Å². The minimum Gasteiger partial charge on any atom is -0.504 e. The Morgan fingerprint density at radius 3 is 2.58 bits per heavy atom. The highest BCUT2D eigenvalue weighted by atomic mass is 32.2. The summed E-state index contributed by atoms with van der Waals surface area (Å²) in [5, 5.41) is 17.9. The molecule has 0 aliphatic carbocycles. The van der Waals surface area contributed by atoms with Crippen molar-refractivity contribution < 1.29 is 14.6 Å². The molecule has 122 valence electrons. The quantitative estimate of drug-likeness (QED) is 0.834. The van der Waals surface area contributed by atoms with Gasteiger partial charge in [-0.05, 0) is 54.6 Å². The summed E-state index contributed by atoms with van der Waals surface area (Å²) in [7, 11) is 1.47. The fourth-order valence-electron chi connectivity index (χ4n) is 2.35. The topological polar surface area (TPSA) is 73.6 Å². The Bertz CT molecular complexity index is 844. The molecule has 0 radical (unpaired) electrons. The van der Waals surface area contributed by atoms with E-state index in [0.717, 1.165) is 22.9 Å². The van der Waals surface area contributed by atoms with Crippen LogP contribution in [0.2, 0.25) is 0 Å². The van der Waals surface area contributed by atoms with Crippen LogP contribution in [0.1, 0.15) is 11.1 Å². The molecular formula is C18H16N2O3S. The monoisotopic (exact) mass is 340 g/mol. The van der Waals surface area contributed by atoms with E-state index in [-0.39, 0.29) is 16.8 Å². The lowest BCUT2D eigenvalue weighted by Gasteiger charge is -2.14. The van der Waals surface area contributed by atoms with E-state index in [1.807, 2.05) is 31.2 Å². The predicted molar refractivity (Wildman–Crippen MR) is 96.6 cm³/mol. The number of carbonyl (C=O) groups is 1. The van der Waals surface area contributed by atoms with Crippen LogP contribution in [0.4, 0.5) is 5.69 Å². The Morgan fingerprint density at radius 2 is 1.92 bits per heavy atom. The molecule has 1 aliphatic heterocycles. The summed E-state index contributed by atoms with van der Waals surface area (Å²) in [6.45, 7) is 1.97. The third-order valence-electron chi connectivity index (χ3n) is 3.62. The smallest absolute Gasteiger partial charge is 0.271 e. The second-order valence-electron chi connectivity index (χ2n) is 5.32. The van der Waals surface area contributed by atoms with Crippen molar-refractivity contribution in [1.29, 1.82) is 5.41 Å².